The van der Waals surface area contributed by atoms with Crippen LogP contribution in [0.15, 0.2) is 52.5 Å². The second-order valence-corrected chi connectivity index (χ2v) is 8.38. The van der Waals surface area contributed by atoms with Gasteiger partial charge < -0.3 is 19.1 Å². The van der Waals surface area contributed by atoms with Crippen LogP contribution >= 0.6 is 34.4 Å². The molecule has 3 aromatic rings. The van der Waals surface area contributed by atoms with Crippen LogP contribution in [0.5, 0.6) is 11.5 Å². The highest BCUT2D eigenvalue weighted by atomic mass is 127. The predicted molar refractivity (Wildman–Crippen MR) is 125 cm³/mol. The molecule has 0 atom stereocenters. The SMILES string of the molecule is CCn1c(S/C(=C\c2cccc(I)c2)C(=O)O)nnc1-c1cc(OC)cc(OC)c1. The summed E-state index contributed by atoms with van der Waals surface area (Å²) in [5.74, 6) is 0.855. The van der Waals surface area contributed by atoms with E-state index in [1.165, 1.54) is 0 Å². The van der Waals surface area contributed by atoms with Gasteiger partial charge in [0.15, 0.2) is 11.0 Å². The molecule has 30 heavy (non-hydrogen) atoms. The van der Waals surface area contributed by atoms with Gasteiger partial charge in [-0.25, -0.2) is 4.79 Å². The molecule has 156 valence electrons. The third kappa shape index (κ3) is 5.14. The number of methoxy groups -OCH3 is 2. The molecule has 1 aromatic heterocycles. The first-order chi connectivity index (χ1) is 14.4. The number of nitrogens with zero attached hydrogens (tertiary/aromatic N) is 3. The molecule has 0 fully saturated rings. The van der Waals surface area contributed by atoms with Crippen molar-refractivity contribution < 1.29 is 19.4 Å². The van der Waals surface area contributed by atoms with Gasteiger partial charge in [0, 0.05) is 21.7 Å². The number of benzene rings is 2. The van der Waals surface area contributed by atoms with E-state index in [0.29, 0.717) is 29.0 Å². The minimum Gasteiger partial charge on any atom is -0.497 e. The molecule has 3 rings (SSSR count). The summed E-state index contributed by atoms with van der Waals surface area (Å²) in [6.45, 7) is 2.53. The molecule has 2 aromatic carbocycles. The molecule has 0 spiro atoms. The van der Waals surface area contributed by atoms with Crippen LogP contribution in [-0.4, -0.2) is 40.1 Å². The van der Waals surface area contributed by atoms with E-state index in [0.717, 1.165) is 26.5 Å². The number of halogens is 1. The molecular formula is C21H20IN3O4S. The van der Waals surface area contributed by atoms with Crippen LogP contribution in [0.1, 0.15) is 12.5 Å². The molecule has 0 saturated heterocycles. The Morgan fingerprint density at radius 2 is 1.87 bits per heavy atom. The highest BCUT2D eigenvalue weighted by Gasteiger charge is 2.19. The van der Waals surface area contributed by atoms with Crippen LogP contribution in [0.3, 0.4) is 0 Å². The van der Waals surface area contributed by atoms with Crippen molar-refractivity contribution in [2.45, 2.75) is 18.6 Å². The zero-order valence-electron chi connectivity index (χ0n) is 16.6. The lowest BCUT2D eigenvalue weighted by Gasteiger charge is -2.10. The Bertz CT molecular complexity index is 1080. The number of rotatable bonds is 8. The van der Waals surface area contributed by atoms with Gasteiger partial charge in [0.1, 0.15) is 16.4 Å². The maximum atomic E-state index is 11.9. The van der Waals surface area contributed by atoms with Gasteiger partial charge in [-0.15, -0.1) is 10.2 Å². The monoisotopic (exact) mass is 537 g/mol. The lowest BCUT2D eigenvalue weighted by molar-refractivity contribution is -0.131. The van der Waals surface area contributed by atoms with Crippen molar-refractivity contribution in [2.24, 2.45) is 0 Å². The third-order valence-corrected chi connectivity index (χ3v) is 5.87. The summed E-state index contributed by atoms with van der Waals surface area (Å²) >= 11 is 3.27. The second-order valence-electron chi connectivity index (χ2n) is 6.12. The minimum atomic E-state index is -1.02. The van der Waals surface area contributed by atoms with Gasteiger partial charge in [-0.2, -0.15) is 0 Å². The van der Waals surface area contributed by atoms with Crippen LogP contribution < -0.4 is 9.47 Å². The first-order valence-electron chi connectivity index (χ1n) is 9.00. The molecule has 0 bridgehead atoms. The molecule has 7 nitrogen and oxygen atoms in total. The molecule has 0 aliphatic rings. The van der Waals surface area contributed by atoms with Crippen LogP contribution in [0.4, 0.5) is 0 Å². The number of carboxylic acid groups (broad SMARTS) is 1. The molecule has 1 N–H and O–H groups in total. The molecular weight excluding hydrogens is 517 g/mol. The number of carbonyl (C=O) groups is 1. The molecule has 0 saturated carbocycles. The van der Waals surface area contributed by atoms with Gasteiger partial charge in [0.25, 0.3) is 0 Å². The number of ether oxygens (including phenoxy) is 2. The third-order valence-electron chi connectivity index (χ3n) is 4.20. The van der Waals surface area contributed by atoms with Gasteiger partial charge >= 0.3 is 5.97 Å². The molecule has 1 heterocycles. The van der Waals surface area contributed by atoms with E-state index in [9.17, 15) is 9.90 Å². The number of carboxylic acids is 1. The van der Waals surface area contributed by atoms with Gasteiger partial charge in [0.2, 0.25) is 0 Å². The Balaban J connectivity index is 2.00. The molecule has 9 heteroatoms. The summed E-state index contributed by atoms with van der Waals surface area (Å²) in [5.41, 5.74) is 1.58. The van der Waals surface area contributed by atoms with E-state index >= 15 is 0 Å². The van der Waals surface area contributed by atoms with Crippen molar-refractivity contribution in [3.8, 4) is 22.9 Å². The van der Waals surface area contributed by atoms with E-state index in [-0.39, 0.29) is 4.91 Å². The smallest absolute Gasteiger partial charge is 0.342 e. The lowest BCUT2D eigenvalue weighted by Crippen LogP contribution is -2.03. The van der Waals surface area contributed by atoms with Gasteiger partial charge in [-0.3, -0.25) is 0 Å². The zero-order valence-corrected chi connectivity index (χ0v) is 19.6. The maximum absolute atomic E-state index is 11.9. The Morgan fingerprint density at radius 1 is 1.17 bits per heavy atom. The van der Waals surface area contributed by atoms with E-state index in [2.05, 4.69) is 32.8 Å². The molecule has 0 aliphatic carbocycles. The van der Waals surface area contributed by atoms with Crippen LogP contribution in [0.2, 0.25) is 0 Å². The van der Waals surface area contributed by atoms with E-state index in [1.54, 1.807) is 26.4 Å². The number of thioether (sulfide) groups is 1. The van der Waals surface area contributed by atoms with Crippen LogP contribution in [-0.2, 0) is 11.3 Å². The van der Waals surface area contributed by atoms with Gasteiger partial charge in [0.05, 0.1) is 14.2 Å². The maximum Gasteiger partial charge on any atom is 0.342 e. The largest absolute Gasteiger partial charge is 0.497 e. The number of aliphatic carboxylic acids is 1. The standard InChI is InChI=1S/C21H20IN3O4S/c1-4-25-19(14-10-16(28-2)12-17(11-14)29-3)23-24-21(25)30-18(20(26)27)9-13-6-5-7-15(22)8-13/h5-12H,4H2,1-3H3,(H,26,27)/b18-9-. The summed E-state index contributed by atoms with van der Waals surface area (Å²) in [6.07, 6.45) is 1.64. The van der Waals surface area contributed by atoms with Crippen molar-refractivity contribution in [2.75, 3.05) is 14.2 Å². The van der Waals surface area contributed by atoms with E-state index in [4.69, 9.17) is 9.47 Å². The fraction of sp³-hybridized carbons (Fsp3) is 0.190. The summed E-state index contributed by atoms with van der Waals surface area (Å²) in [6, 6.07) is 13.1. The first kappa shape index (κ1) is 22.2. The normalized spacial score (nSPS) is 11.4. The average Bonchev–Trinajstić information content (AvgIpc) is 3.15. The number of aromatic nitrogens is 3. The Labute approximate surface area is 192 Å². The zero-order chi connectivity index (χ0) is 21.7. The predicted octanol–water partition coefficient (Wildman–Crippen LogP) is 4.80. The van der Waals surface area contributed by atoms with Crippen molar-refractivity contribution in [1.82, 2.24) is 14.8 Å². The summed E-state index contributed by atoms with van der Waals surface area (Å²) in [7, 11) is 3.16. The summed E-state index contributed by atoms with van der Waals surface area (Å²) < 4.78 is 13.6. The van der Waals surface area contributed by atoms with Crippen molar-refractivity contribution >= 4 is 46.4 Å². The minimum absolute atomic E-state index is 0.161. The fourth-order valence-corrected chi connectivity index (χ4v) is 4.23. The molecule has 0 radical (unpaired) electrons. The van der Waals surface area contributed by atoms with E-state index in [1.807, 2.05) is 47.9 Å². The second kappa shape index (κ2) is 9.98. The summed E-state index contributed by atoms with van der Waals surface area (Å²) in [4.78, 5) is 12.0. The Morgan fingerprint density at radius 3 is 2.43 bits per heavy atom. The van der Waals surface area contributed by atoms with Crippen molar-refractivity contribution in [3.63, 3.8) is 0 Å². The topological polar surface area (TPSA) is 86.5 Å². The number of hydrogen-bond donors (Lipinski definition) is 1. The molecule has 0 unspecified atom stereocenters. The van der Waals surface area contributed by atoms with Crippen molar-refractivity contribution in [3.05, 3.63) is 56.5 Å². The molecule has 0 aliphatic heterocycles. The van der Waals surface area contributed by atoms with Gasteiger partial charge in [-0.1, -0.05) is 12.1 Å². The Kier molecular flexibility index (Phi) is 7.38. The average molecular weight is 537 g/mol. The lowest BCUT2D eigenvalue weighted by atomic mass is 10.2. The van der Waals surface area contributed by atoms with Crippen LogP contribution in [0.25, 0.3) is 17.5 Å². The quantitative estimate of drug-likeness (QED) is 0.251. The molecule has 0 amide bonds. The fourth-order valence-electron chi connectivity index (χ4n) is 2.78. The van der Waals surface area contributed by atoms with Crippen LogP contribution in [0, 0.1) is 3.57 Å². The van der Waals surface area contributed by atoms with Gasteiger partial charge in [-0.05, 0) is 77.2 Å². The first-order valence-corrected chi connectivity index (χ1v) is 10.9. The van der Waals surface area contributed by atoms with E-state index < -0.39 is 5.97 Å². The summed E-state index contributed by atoms with van der Waals surface area (Å²) in [5, 5.41) is 18.7. The number of hydrogen-bond acceptors (Lipinski definition) is 6. The highest BCUT2D eigenvalue weighted by Crippen LogP contribution is 2.33. The Hall–Kier alpha value is -2.53. The van der Waals surface area contributed by atoms with Crippen molar-refractivity contribution in [1.29, 1.82) is 0 Å². The highest BCUT2D eigenvalue weighted by molar-refractivity contribution is 14.1.